The third kappa shape index (κ3) is 3.45. The summed E-state index contributed by atoms with van der Waals surface area (Å²) < 4.78 is 6.27. The summed E-state index contributed by atoms with van der Waals surface area (Å²) in [6.45, 7) is 3.76. The van der Waals surface area contributed by atoms with Crippen LogP contribution in [0, 0.1) is 6.92 Å². The molecule has 1 aromatic carbocycles. The summed E-state index contributed by atoms with van der Waals surface area (Å²) in [5, 5.41) is 11.6. The highest BCUT2D eigenvalue weighted by molar-refractivity contribution is 7.22. The molecule has 0 spiro atoms. The molecule has 1 atom stereocenters. The molecule has 6 nitrogen and oxygen atoms in total. The third-order valence-corrected chi connectivity index (χ3v) is 6.16. The molecular weight excluding hydrogens is 412 g/mol. The van der Waals surface area contributed by atoms with Crippen LogP contribution in [-0.4, -0.2) is 27.8 Å². The standard InChI is InChI=1S/C21H19ClN2O4S/c1-3-4-5-14-17(18(25)15-9-6-11(2)28-15)19(26)20(27)24(14)21-23-13-8-7-12(22)10-16(13)29-21/h6-10,14,26H,3-5H2,1-2H3. The predicted molar refractivity (Wildman–Crippen MR) is 113 cm³/mol. The van der Waals surface area contributed by atoms with E-state index in [2.05, 4.69) is 4.98 Å². The molecule has 1 N–H and O–H groups in total. The largest absolute Gasteiger partial charge is 0.503 e. The van der Waals surface area contributed by atoms with Crippen molar-refractivity contribution in [3.05, 3.63) is 58.2 Å². The Labute approximate surface area is 176 Å². The number of carbonyl (C=O) groups excluding carboxylic acids is 2. The van der Waals surface area contributed by atoms with Gasteiger partial charge in [0.1, 0.15) is 5.76 Å². The van der Waals surface area contributed by atoms with Crippen molar-refractivity contribution in [1.29, 1.82) is 0 Å². The fourth-order valence-electron chi connectivity index (χ4n) is 3.49. The molecule has 0 fully saturated rings. The number of aromatic nitrogens is 1. The van der Waals surface area contributed by atoms with Gasteiger partial charge in [0.15, 0.2) is 16.7 Å². The van der Waals surface area contributed by atoms with Crippen molar-refractivity contribution >= 4 is 50.0 Å². The first-order chi connectivity index (χ1) is 13.9. The van der Waals surface area contributed by atoms with E-state index in [0.29, 0.717) is 27.9 Å². The van der Waals surface area contributed by atoms with Gasteiger partial charge in [-0.15, -0.1) is 0 Å². The zero-order valence-electron chi connectivity index (χ0n) is 15.9. The van der Waals surface area contributed by atoms with Gasteiger partial charge in [-0.05, 0) is 43.7 Å². The number of aliphatic hydroxyl groups is 1. The lowest BCUT2D eigenvalue weighted by Gasteiger charge is -2.23. The minimum atomic E-state index is -0.622. The minimum Gasteiger partial charge on any atom is -0.503 e. The van der Waals surface area contributed by atoms with Gasteiger partial charge < -0.3 is 9.52 Å². The average molecular weight is 431 g/mol. The molecule has 3 aromatic rings. The summed E-state index contributed by atoms with van der Waals surface area (Å²) in [4.78, 5) is 32.0. The quantitative estimate of drug-likeness (QED) is 0.525. The number of hydrogen-bond donors (Lipinski definition) is 1. The zero-order valence-corrected chi connectivity index (χ0v) is 17.5. The van der Waals surface area contributed by atoms with E-state index >= 15 is 0 Å². The lowest BCUT2D eigenvalue weighted by Crippen LogP contribution is -2.36. The van der Waals surface area contributed by atoms with Crippen molar-refractivity contribution in [2.45, 2.75) is 39.2 Å². The number of ketones is 1. The number of benzene rings is 1. The van der Waals surface area contributed by atoms with Gasteiger partial charge in [-0.1, -0.05) is 42.7 Å². The number of aryl methyl sites for hydroxylation is 1. The van der Waals surface area contributed by atoms with Gasteiger partial charge >= 0.3 is 0 Å². The van der Waals surface area contributed by atoms with Crippen LogP contribution in [0.2, 0.25) is 5.02 Å². The van der Waals surface area contributed by atoms with E-state index in [-0.39, 0.29) is 11.3 Å². The number of carbonyl (C=O) groups is 2. The Kier molecular flexibility index (Phi) is 5.19. The molecule has 0 aliphatic carbocycles. The van der Waals surface area contributed by atoms with Crippen LogP contribution >= 0.6 is 22.9 Å². The molecule has 29 heavy (non-hydrogen) atoms. The number of hydrogen-bond acceptors (Lipinski definition) is 6. The van der Waals surface area contributed by atoms with Crippen LogP contribution in [-0.2, 0) is 4.79 Å². The molecule has 0 bridgehead atoms. The number of nitrogens with zero attached hydrogens (tertiary/aromatic N) is 2. The molecule has 0 radical (unpaired) electrons. The van der Waals surface area contributed by atoms with Crippen LogP contribution in [0.15, 0.2) is 46.1 Å². The summed E-state index contributed by atoms with van der Waals surface area (Å²) in [5.41, 5.74) is 0.771. The Bertz CT molecular complexity index is 1150. The van der Waals surface area contributed by atoms with Gasteiger partial charge in [-0.25, -0.2) is 4.98 Å². The number of amides is 1. The highest BCUT2D eigenvalue weighted by Gasteiger charge is 2.45. The lowest BCUT2D eigenvalue weighted by atomic mass is 9.97. The molecule has 4 rings (SSSR count). The van der Waals surface area contributed by atoms with E-state index in [1.165, 1.54) is 16.2 Å². The molecule has 0 saturated heterocycles. The molecule has 1 unspecified atom stereocenters. The number of rotatable bonds is 6. The summed E-state index contributed by atoms with van der Waals surface area (Å²) in [6.07, 6.45) is 2.20. The maximum Gasteiger partial charge on any atom is 0.296 e. The van der Waals surface area contributed by atoms with E-state index < -0.39 is 23.5 Å². The summed E-state index contributed by atoms with van der Waals surface area (Å²) in [6, 6.07) is 7.93. The van der Waals surface area contributed by atoms with Gasteiger partial charge in [0.2, 0.25) is 5.78 Å². The molecule has 1 aliphatic rings. The molecule has 1 aliphatic heterocycles. The predicted octanol–water partition coefficient (Wildman–Crippen LogP) is 5.45. The number of furan rings is 1. The van der Waals surface area contributed by atoms with Crippen molar-refractivity contribution < 1.29 is 19.1 Å². The lowest BCUT2D eigenvalue weighted by molar-refractivity contribution is -0.117. The Balaban J connectivity index is 1.77. The monoisotopic (exact) mass is 430 g/mol. The van der Waals surface area contributed by atoms with Gasteiger partial charge in [0.05, 0.1) is 21.8 Å². The molecular formula is C21H19ClN2O4S. The number of Topliss-reactive ketones (excluding diaryl/α,β-unsaturated/α-hetero) is 1. The minimum absolute atomic E-state index is 0.0649. The summed E-state index contributed by atoms with van der Waals surface area (Å²) in [7, 11) is 0. The Morgan fingerprint density at radius 3 is 2.83 bits per heavy atom. The molecule has 2 aromatic heterocycles. The van der Waals surface area contributed by atoms with Gasteiger partial charge in [0, 0.05) is 5.02 Å². The SMILES string of the molecule is CCCCC1C(C(=O)c2ccc(C)o2)=C(O)C(=O)N1c1nc2ccc(Cl)cc2s1. The summed E-state index contributed by atoms with van der Waals surface area (Å²) >= 11 is 7.37. The highest BCUT2D eigenvalue weighted by atomic mass is 35.5. The highest BCUT2D eigenvalue weighted by Crippen LogP contribution is 2.39. The van der Waals surface area contributed by atoms with E-state index in [1.54, 1.807) is 37.3 Å². The second-order valence-corrected chi connectivity index (χ2v) is 8.39. The first-order valence-corrected chi connectivity index (χ1v) is 10.5. The van der Waals surface area contributed by atoms with E-state index in [0.717, 1.165) is 17.5 Å². The number of aliphatic hydroxyl groups excluding tert-OH is 1. The fraction of sp³-hybridized carbons (Fsp3) is 0.286. The number of anilines is 1. The average Bonchev–Trinajstić information content (AvgIpc) is 3.36. The van der Waals surface area contributed by atoms with E-state index in [4.69, 9.17) is 16.0 Å². The van der Waals surface area contributed by atoms with E-state index in [9.17, 15) is 14.7 Å². The van der Waals surface area contributed by atoms with Gasteiger partial charge in [-0.2, -0.15) is 0 Å². The normalized spacial score (nSPS) is 17.0. The Morgan fingerprint density at radius 2 is 2.14 bits per heavy atom. The molecule has 0 saturated carbocycles. The maximum absolute atomic E-state index is 13.1. The van der Waals surface area contributed by atoms with E-state index in [1.807, 2.05) is 6.92 Å². The van der Waals surface area contributed by atoms with Crippen LogP contribution in [0.4, 0.5) is 5.13 Å². The molecule has 1 amide bonds. The first kappa shape index (κ1) is 19.7. The van der Waals surface area contributed by atoms with Crippen molar-refractivity contribution in [2.24, 2.45) is 0 Å². The number of unbranched alkanes of at least 4 members (excludes halogenated alkanes) is 1. The van der Waals surface area contributed by atoms with Gasteiger partial charge in [-0.3, -0.25) is 14.5 Å². The fourth-order valence-corrected chi connectivity index (χ4v) is 4.78. The topological polar surface area (TPSA) is 83.6 Å². The molecule has 150 valence electrons. The molecule has 8 heteroatoms. The first-order valence-electron chi connectivity index (χ1n) is 9.34. The van der Waals surface area contributed by atoms with Crippen molar-refractivity contribution in [3.8, 4) is 0 Å². The number of halogens is 1. The van der Waals surface area contributed by atoms with Crippen molar-refractivity contribution in [3.63, 3.8) is 0 Å². The van der Waals surface area contributed by atoms with Crippen LogP contribution in [0.5, 0.6) is 0 Å². The molecule has 3 heterocycles. The number of thiazole rings is 1. The second-order valence-electron chi connectivity index (χ2n) is 6.94. The smallest absolute Gasteiger partial charge is 0.296 e. The van der Waals surface area contributed by atoms with Crippen LogP contribution < -0.4 is 4.90 Å². The Morgan fingerprint density at radius 1 is 1.34 bits per heavy atom. The third-order valence-electron chi connectivity index (χ3n) is 4.91. The van der Waals surface area contributed by atoms with Gasteiger partial charge in [0.25, 0.3) is 5.91 Å². The maximum atomic E-state index is 13.1. The second kappa shape index (κ2) is 7.65. The van der Waals surface area contributed by atoms with Crippen LogP contribution in [0.1, 0.15) is 42.5 Å². The van der Waals surface area contributed by atoms with Crippen LogP contribution in [0.25, 0.3) is 10.2 Å². The number of fused-ring (bicyclic) bond motifs is 1. The van der Waals surface area contributed by atoms with Crippen molar-refractivity contribution in [1.82, 2.24) is 4.98 Å². The van der Waals surface area contributed by atoms with Crippen LogP contribution in [0.3, 0.4) is 0 Å². The Hall–Kier alpha value is -2.64. The van der Waals surface area contributed by atoms with Crippen molar-refractivity contribution in [2.75, 3.05) is 4.90 Å². The zero-order chi connectivity index (χ0) is 20.7. The summed E-state index contributed by atoms with van der Waals surface area (Å²) in [5.74, 6) is -0.943.